The van der Waals surface area contributed by atoms with Crippen LogP contribution in [0, 0.1) is 12.3 Å². The molecule has 1 heteroatoms. The van der Waals surface area contributed by atoms with Crippen molar-refractivity contribution in [3.05, 3.63) is 29.3 Å². The van der Waals surface area contributed by atoms with E-state index in [0.717, 1.165) is 11.3 Å². The Balaban J connectivity index is 2.72. The lowest BCUT2D eigenvalue weighted by Crippen LogP contribution is -2.18. The van der Waals surface area contributed by atoms with Crippen LogP contribution in [0.25, 0.3) is 0 Å². The molecule has 0 amide bonds. The molecule has 0 aromatic heterocycles. The zero-order valence-corrected chi connectivity index (χ0v) is 12.6. The van der Waals surface area contributed by atoms with Gasteiger partial charge in [-0.1, -0.05) is 57.7 Å². The van der Waals surface area contributed by atoms with Crippen molar-refractivity contribution in [3.63, 3.8) is 0 Å². The topological polar surface area (TPSA) is 0 Å². The van der Waals surface area contributed by atoms with Gasteiger partial charge in [0.1, 0.15) is 0 Å². The Labute approximate surface area is 112 Å². The van der Waals surface area contributed by atoms with Gasteiger partial charge in [-0.2, -0.15) is 0 Å². The van der Waals surface area contributed by atoms with E-state index in [-0.39, 0.29) is 0 Å². The molecule has 0 nitrogen and oxygen atoms in total. The van der Waals surface area contributed by atoms with E-state index in [1.807, 2.05) is 0 Å². The van der Waals surface area contributed by atoms with Crippen LogP contribution in [0.15, 0.2) is 23.1 Å². The van der Waals surface area contributed by atoms with E-state index in [2.05, 4.69) is 58.5 Å². The van der Waals surface area contributed by atoms with E-state index in [1.165, 1.54) is 36.8 Å². The van der Waals surface area contributed by atoms with E-state index in [4.69, 9.17) is 0 Å². The Morgan fingerprint density at radius 3 is 2.12 bits per heavy atom. The molecule has 0 unspecified atom stereocenters. The first kappa shape index (κ1) is 14.6. The summed E-state index contributed by atoms with van der Waals surface area (Å²) >= 11 is 4.59. The zero-order valence-electron chi connectivity index (χ0n) is 11.7. The summed E-state index contributed by atoms with van der Waals surface area (Å²) in [5.41, 5.74) is 3.23. The number of hydrogen-bond donors (Lipinski definition) is 1. The molecule has 0 fully saturated rings. The normalized spacial score (nSPS) is 11.8. The summed E-state index contributed by atoms with van der Waals surface area (Å²) in [6.07, 6.45) is 6.30. The third-order valence-corrected chi connectivity index (χ3v) is 4.83. The summed E-state index contributed by atoms with van der Waals surface area (Å²) in [6, 6.07) is 6.61. The van der Waals surface area contributed by atoms with Crippen LogP contribution in [0.3, 0.4) is 0 Å². The lowest BCUT2D eigenvalue weighted by Gasteiger charge is -2.30. The van der Waals surface area contributed by atoms with E-state index in [9.17, 15) is 0 Å². The van der Waals surface area contributed by atoms with Gasteiger partial charge in [-0.25, -0.2) is 0 Å². The molecule has 0 atom stereocenters. The molecule has 0 spiro atoms. The number of rotatable bonds is 6. The molecule has 17 heavy (non-hydrogen) atoms. The molecule has 0 aliphatic rings. The lowest BCUT2D eigenvalue weighted by atomic mass is 9.75. The average Bonchev–Trinajstić information content (AvgIpc) is 2.33. The highest BCUT2D eigenvalue weighted by atomic mass is 32.1. The van der Waals surface area contributed by atoms with Crippen molar-refractivity contribution in [2.75, 3.05) is 0 Å². The third kappa shape index (κ3) is 3.77. The standard InChI is InChI=1S/C16H26S/c1-5-16(6-2,7-3)11-10-14-9-8-13(4)12-15(14)17/h8-9,12,17H,5-7,10-11H2,1-4H3. The van der Waals surface area contributed by atoms with Crippen molar-refractivity contribution in [2.45, 2.75) is 64.7 Å². The lowest BCUT2D eigenvalue weighted by molar-refractivity contribution is 0.228. The minimum Gasteiger partial charge on any atom is -0.143 e. The third-order valence-electron chi connectivity index (χ3n) is 4.42. The summed E-state index contributed by atoms with van der Waals surface area (Å²) in [5, 5.41) is 0. The smallest absolute Gasteiger partial charge is 0.00746 e. The Morgan fingerprint density at radius 2 is 1.65 bits per heavy atom. The van der Waals surface area contributed by atoms with Crippen molar-refractivity contribution in [2.24, 2.45) is 5.41 Å². The maximum absolute atomic E-state index is 4.59. The van der Waals surface area contributed by atoms with Crippen LogP contribution in [0.5, 0.6) is 0 Å². The maximum atomic E-state index is 4.59. The quantitative estimate of drug-likeness (QED) is 0.639. The molecular weight excluding hydrogens is 224 g/mol. The van der Waals surface area contributed by atoms with Crippen molar-refractivity contribution < 1.29 is 0 Å². The van der Waals surface area contributed by atoms with Gasteiger partial charge in [-0.3, -0.25) is 0 Å². The van der Waals surface area contributed by atoms with Gasteiger partial charge in [-0.15, -0.1) is 12.6 Å². The molecule has 1 aromatic rings. The van der Waals surface area contributed by atoms with Gasteiger partial charge in [0.25, 0.3) is 0 Å². The fourth-order valence-corrected chi connectivity index (χ4v) is 2.96. The summed E-state index contributed by atoms with van der Waals surface area (Å²) in [7, 11) is 0. The van der Waals surface area contributed by atoms with Crippen LogP contribution in [-0.2, 0) is 6.42 Å². The molecule has 0 heterocycles. The minimum absolute atomic E-state index is 0.533. The van der Waals surface area contributed by atoms with Crippen LogP contribution in [0.1, 0.15) is 57.6 Å². The highest BCUT2D eigenvalue weighted by Crippen LogP contribution is 2.36. The van der Waals surface area contributed by atoms with Crippen LogP contribution in [0.4, 0.5) is 0 Å². The second kappa shape index (κ2) is 6.49. The van der Waals surface area contributed by atoms with Crippen molar-refractivity contribution in [3.8, 4) is 0 Å². The predicted octanol–water partition coefficient (Wildman–Crippen LogP) is 5.43. The Kier molecular flexibility index (Phi) is 5.58. The van der Waals surface area contributed by atoms with Gasteiger partial charge in [0.15, 0.2) is 0 Å². The predicted molar refractivity (Wildman–Crippen MR) is 80.1 cm³/mol. The van der Waals surface area contributed by atoms with E-state index < -0.39 is 0 Å². The Bertz CT molecular complexity index is 342. The van der Waals surface area contributed by atoms with Gasteiger partial charge in [0.05, 0.1) is 0 Å². The SMILES string of the molecule is CCC(CC)(CC)CCc1ccc(C)cc1S. The van der Waals surface area contributed by atoms with Gasteiger partial charge in [0, 0.05) is 4.90 Å². The molecule has 0 N–H and O–H groups in total. The van der Waals surface area contributed by atoms with Crippen LogP contribution >= 0.6 is 12.6 Å². The summed E-state index contributed by atoms with van der Waals surface area (Å²) in [5.74, 6) is 0. The molecule has 0 aliphatic carbocycles. The summed E-state index contributed by atoms with van der Waals surface area (Å²) < 4.78 is 0. The van der Waals surface area contributed by atoms with Crippen molar-refractivity contribution in [1.29, 1.82) is 0 Å². The molecule has 0 saturated heterocycles. The number of aryl methyl sites for hydroxylation is 2. The van der Waals surface area contributed by atoms with Crippen LogP contribution in [-0.4, -0.2) is 0 Å². The first-order valence-corrected chi connectivity index (χ1v) is 7.30. The van der Waals surface area contributed by atoms with Crippen LogP contribution < -0.4 is 0 Å². The fourth-order valence-electron chi connectivity index (χ4n) is 2.57. The molecule has 1 rings (SSSR count). The zero-order chi connectivity index (χ0) is 12.9. The van der Waals surface area contributed by atoms with Crippen molar-refractivity contribution >= 4 is 12.6 Å². The monoisotopic (exact) mass is 250 g/mol. The van der Waals surface area contributed by atoms with Crippen LogP contribution in [0.2, 0.25) is 0 Å². The second-order valence-electron chi connectivity index (χ2n) is 5.19. The van der Waals surface area contributed by atoms with Gasteiger partial charge in [-0.05, 0) is 36.8 Å². The minimum atomic E-state index is 0.533. The van der Waals surface area contributed by atoms with E-state index >= 15 is 0 Å². The Morgan fingerprint density at radius 1 is 1.06 bits per heavy atom. The highest BCUT2D eigenvalue weighted by Gasteiger charge is 2.23. The van der Waals surface area contributed by atoms with Crippen molar-refractivity contribution in [1.82, 2.24) is 0 Å². The molecule has 0 aliphatic heterocycles. The number of benzene rings is 1. The Hall–Kier alpha value is -0.430. The number of hydrogen-bond acceptors (Lipinski definition) is 1. The molecular formula is C16H26S. The second-order valence-corrected chi connectivity index (χ2v) is 5.67. The maximum Gasteiger partial charge on any atom is 0.00746 e. The molecule has 1 aromatic carbocycles. The highest BCUT2D eigenvalue weighted by molar-refractivity contribution is 7.80. The first-order valence-electron chi connectivity index (χ1n) is 6.85. The van der Waals surface area contributed by atoms with E-state index in [1.54, 1.807) is 0 Å². The molecule has 0 radical (unpaired) electrons. The molecule has 0 bridgehead atoms. The van der Waals surface area contributed by atoms with Gasteiger partial charge < -0.3 is 0 Å². The molecule has 0 saturated carbocycles. The van der Waals surface area contributed by atoms with Gasteiger partial charge >= 0.3 is 0 Å². The largest absolute Gasteiger partial charge is 0.143 e. The van der Waals surface area contributed by atoms with E-state index in [0.29, 0.717) is 5.41 Å². The number of thiol groups is 1. The van der Waals surface area contributed by atoms with Gasteiger partial charge in [0.2, 0.25) is 0 Å². The fraction of sp³-hybridized carbons (Fsp3) is 0.625. The molecule has 96 valence electrons. The first-order chi connectivity index (χ1) is 8.06. The summed E-state index contributed by atoms with van der Waals surface area (Å²) in [6.45, 7) is 9.09. The average molecular weight is 250 g/mol. The summed E-state index contributed by atoms with van der Waals surface area (Å²) in [4.78, 5) is 1.15.